The van der Waals surface area contributed by atoms with Crippen molar-refractivity contribution in [1.29, 1.82) is 0 Å². The second kappa shape index (κ2) is 7.68. The van der Waals surface area contributed by atoms with Crippen LogP contribution in [0.4, 0.5) is 5.82 Å². The van der Waals surface area contributed by atoms with Crippen LogP contribution in [0, 0.1) is 0 Å². The summed E-state index contributed by atoms with van der Waals surface area (Å²) in [5, 5.41) is 3.62. The number of ether oxygens (including phenoxy) is 1. The van der Waals surface area contributed by atoms with Crippen LogP contribution in [0.2, 0.25) is 5.02 Å². The van der Waals surface area contributed by atoms with E-state index in [-0.39, 0.29) is 0 Å². The third-order valence-corrected chi connectivity index (χ3v) is 2.08. The van der Waals surface area contributed by atoms with Crippen molar-refractivity contribution >= 4 is 29.0 Å². The summed E-state index contributed by atoms with van der Waals surface area (Å²) < 4.78 is 5.21. The van der Waals surface area contributed by atoms with Crippen molar-refractivity contribution in [2.24, 2.45) is 0 Å². The van der Waals surface area contributed by atoms with Crippen LogP contribution in [0.15, 0.2) is 12.5 Å². The Kier molecular flexibility index (Phi) is 6.39. The number of halogens is 2. The maximum Gasteiger partial charge on any atom is 0.148 e. The van der Waals surface area contributed by atoms with Crippen molar-refractivity contribution < 1.29 is 4.74 Å². The monoisotopic (exact) mass is 249 g/mol. The number of aromatic nitrogens is 2. The molecule has 0 saturated heterocycles. The molecule has 0 saturated carbocycles. The Morgan fingerprint density at radius 3 is 3.00 bits per heavy atom. The number of nitrogens with one attached hydrogen (secondary N) is 1. The smallest absolute Gasteiger partial charge is 0.148 e. The van der Waals surface area contributed by atoms with Crippen molar-refractivity contribution in [1.82, 2.24) is 9.97 Å². The lowest BCUT2D eigenvalue weighted by molar-refractivity contribution is 0.149. The van der Waals surface area contributed by atoms with Gasteiger partial charge in [-0.15, -0.1) is 11.6 Å². The molecule has 1 heterocycles. The largest absolute Gasteiger partial charge is 0.380 e. The fourth-order valence-electron chi connectivity index (χ4n) is 0.980. The molecule has 1 aromatic heterocycles. The van der Waals surface area contributed by atoms with Gasteiger partial charge in [0.25, 0.3) is 0 Å². The highest BCUT2D eigenvalue weighted by Gasteiger charge is 1.98. The normalized spacial score (nSPS) is 10.3. The minimum absolute atomic E-state index is 0.527. The van der Waals surface area contributed by atoms with E-state index in [0.29, 0.717) is 29.9 Å². The van der Waals surface area contributed by atoms with E-state index in [4.69, 9.17) is 27.9 Å². The number of hydrogen-bond acceptors (Lipinski definition) is 4. The van der Waals surface area contributed by atoms with Crippen molar-refractivity contribution in [3.8, 4) is 0 Å². The highest BCUT2D eigenvalue weighted by Crippen LogP contribution is 2.15. The van der Waals surface area contributed by atoms with Crippen LogP contribution >= 0.6 is 23.2 Å². The first kappa shape index (κ1) is 12.5. The molecule has 0 fully saturated rings. The topological polar surface area (TPSA) is 47.0 Å². The van der Waals surface area contributed by atoms with E-state index in [1.165, 1.54) is 6.33 Å². The fourth-order valence-corrected chi connectivity index (χ4v) is 1.26. The van der Waals surface area contributed by atoms with Gasteiger partial charge in [0.05, 0.1) is 12.8 Å². The van der Waals surface area contributed by atoms with Gasteiger partial charge in [0.15, 0.2) is 0 Å². The second-order valence-electron chi connectivity index (χ2n) is 2.80. The molecule has 0 radical (unpaired) electrons. The molecule has 0 aliphatic rings. The lowest BCUT2D eigenvalue weighted by atomic mass is 10.4. The summed E-state index contributed by atoms with van der Waals surface area (Å²) in [6.07, 6.45) is 3.90. The van der Waals surface area contributed by atoms with Gasteiger partial charge in [0.1, 0.15) is 17.2 Å². The maximum atomic E-state index is 5.85. The molecule has 0 aromatic carbocycles. The average Bonchev–Trinajstić information content (AvgIpc) is 2.25. The zero-order valence-corrected chi connectivity index (χ0v) is 9.76. The lowest BCUT2D eigenvalue weighted by Crippen LogP contribution is -2.08. The minimum atomic E-state index is 0.527. The summed E-state index contributed by atoms with van der Waals surface area (Å²) in [4.78, 5) is 7.79. The van der Waals surface area contributed by atoms with E-state index in [1.807, 2.05) is 0 Å². The van der Waals surface area contributed by atoms with Crippen molar-refractivity contribution in [3.05, 3.63) is 17.5 Å². The number of alkyl halides is 1. The van der Waals surface area contributed by atoms with Crippen LogP contribution in [-0.2, 0) is 4.74 Å². The van der Waals surface area contributed by atoms with Crippen molar-refractivity contribution in [3.63, 3.8) is 0 Å². The van der Waals surface area contributed by atoms with Crippen LogP contribution in [0.25, 0.3) is 0 Å². The van der Waals surface area contributed by atoms with Gasteiger partial charge in [0.2, 0.25) is 0 Å². The average molecular weight is 250 g/mol. The summed E-state index contributed by atoms with van der Waals surface area (Å²) in [6, 6.07) is 0. The molecule has 0 aliphatic carbocycles. The first-order valence-corrected chi connectivity index (χ1v) is 5.59. The van der Waals surface area contributed by atoms with Gasteiger partial charge in [-0.2, -0.15) is 0 Å². The molecule has 0 spiro atoms. The molecule has 0 atom stereocenters. The highest BCUT2D eigenvalue weighted by atomic mass is 35.5. The molecule has 0 aliphatic heterocycles. The van der Waals surface area contributed by atoms with E-state index in [0.717, 1.165) is 13.0 Å². The third-order valence-electron chi connectivity index (χ3n) is 1.65. The zero-order chi connectivity index (χ0) is 10.9. The third kappa shape index (κ3) is 5.16. The second-order valence-corrected chi connectivity index (χ2v) is 3.59. The van der Waals surface area contributed by atoms with Crippen LogP contribution in [0.5, 0.6) is 0 Å². The van der Waals surface area contributed by atoms with Crippen LogP contribution in [-0.4, -0.2) is 35.6 Å². The van der Waals surface area contributed by atoms with Gasteiger partial charge in [-0.3, -0.25) is 0 Å². The number of hydrogen-bond donors (Lipinski definition) is 1. The quantitative estimate of drug-likeness (QED) is 0.595. The summed E-state index contributed by atoms with van der Waals surface area (Å²) in [7, 11) is 0. The predicted octanol–water partition coefficient (Wildman–Crippen LogP) is 2.19. The van der Waals surface area contributed by atoms with E-state index in [9.17, 15) is 0 Å². The van der Waals surface area contributed by atoms with Crippen LogP contribution in [0.3, 0.4) is 0 Å². The van der Waals surface area contributed by atoms with E-state index in [2.05, 4.69) is 15.3 Å². The zero-order valence-electron chi connectivity index (χ0n) is 8.25. The molecule has 4 nitrogen and oxygen atoms in total. The predicted molar refractivity (Wildman–Crippen MR) is 61.7 cm³/mol. The van der Waals surface area contributed by atoms with Gasteiger partial charge in [-0.05, 0) is 6.42 Å². The van der Waals surface area contributed by atoms with E-state index >= 15 is 0 Å². The van der Waals surface area contributed by atoms with Crippen molar-refractivity contribution in [2.75, 3.05) is 31.0 Å². The molecule has 0 unspecified atom stereocenters. The Bertz CT molecular complexity index is 286. The van der Waals surface area contributed by atoms with E-state index in [1.54, 1.807) is 6.20 Å². The Morgan fingerprint density at radius 2 is 2.27 bits per heavy atom. The molecule has 1 rings (SSSR count). The number of nitrogens with zero attached hydrogens (tertiary/aromatic N) is 2. The Labute approximate surface area is 99.0 Å². The Hall–Kier alpha value is -0.580. The standard InChI is InChI=1S/C9H13Cl2N3O/c10-2-5-15-4-1-3-13-9-8(11)6-12-7-14-9/h6-7H,1-5H2,(H,12,13,14). The Morgan fingerprint density at radius 1 is 1.40 bits per heavy atom. The first-order chi connectivity index (χ1) is 7.34. The number of rotatable bonds is 7. The molecule has 84 valence electrons. The summed E-state index contributed by atoms with van der Waals surface area (Å²) in [5.41, 5.74) is 0. The molecule has 0 amide bonds. The van der Waals surface area contributed by atoms with Gasteiger partial charge < -0.3 is 10.1 Å². The lowest BCUT2D eigenvalue weighted by Gasteiger charge is -2.06. The van der Waals surface area contributed by atoms with Gasteiger partial charge >= 0.3 is 0 Å². The fraction of sp³-hybridized carbons (Fsp3) is 0.556. The maximum absolute atomic E-state index is 5.85. The van der Waals surface area contributed by atoms with E-state index < -0.39 is 0 Å². The summed E-state index contributed by atoms with van der Waals surface area (Å²) in [5.74, 6) is 1.19. The molecule has 1 aromatic rings. The molecular formula is C9H13Cl2N3O. The number of anilines is 1. The molecular weight excluding hydrogens is 237 g/mol. The van der Waals surface area contributed by atoms with Gasteiger partial charge in [0, 0.05) is 19.0 Å². The van der Waals surface area contributed by atoms with Crippen LogP contribution < -0.4 is 5.32 Å². The molecule has 6 heteroatoms. The Balaban J connectivity index is 2.12. The summed E-state index contributed by atoms with van der Waals surface area (Å²) >= 11 is 11.3. The van der Waals surface area contributed by atoms with Gasteiger partial charge in [-0.1, -0.05) is 11.6 Å². The molecule has 0 bridgehead atoms. The SMILES string of the molecule is ClCCOCCCNc1ncncc1Cl. The highest BCUT2D eigenvalue weighted by molar-refractivity contribution is 6.32. The first-order valence-electron chi connectivity index (χ1n) is 4.67. The van der Waals surface area contributed by atoms with Gasteiger partial charge in [-0.25, -0.2) is 9.97 Å². The van der Waals surface area contributed by atoms with Crippen molar-refractivity contribution in [2.45, 2.75) is 6.42 Å². The molecule has 1 N–H and O–H groups in total. The minimum Gasteiger partial charge on any atom is -0.380 e. The van der Waals surface area contributed by atoms with Crippen LogP contribution in [0.1, 0.15) is 6.42 Å². The molecule has 15 heavy (non-hydrogen) atoms. The summed E-state index contributed by atoms with van der Waals surface area (Å²) in [6.45, 7) is 2.04.